The summed E-state index contributed by atoms with van der Waals surface area (Å²) >= 11 is 0. The maximum atomic E-state index is 3.43. The smallest absolute Gasteiger partial charge is 0.00642 e. The monoisotopic (exact) mass is 252 g/mol. The molecule has 2 nitrogen and oxygen atoms in total. The Hall–Kier alpha value is -0.0800. The lowest BCUT2D eigenvalue weighted by molar-refractivity contribution is 0.180. The molecular weight excluding hydrogens is 220 g/mol. The van der Waals surface area contributed by atoms with E-state index >= 15 is 0 Å². The Morgan fingerprint density at radius 1 is 0.833 bits per heavy atom. The standard InChI is InChI=1S/C16H32N2/c1-17-16-10-8-15(9-11-16)13-18(2)12-14-6-4-3-5-7-14/h14-17H,3-13H2,1-2H3. The third kappa shape index (κ3) is 4.55. The zero-order valence-corrected chi connectivity index (χ0v) is 12.5. The van der Waals surface area contributed by atoms with Gasteiger partial charge in [-0.1, -0.05) is 19.3 Å². The van der Waals surface area contributed by atoms with E-state index < -0.39 is 0 Å². The molecule has 2 aliphatic carbocycles. The van der Waals surface area contributed by atoms with Gasteiger partial charge in [0, 0.05) is 19.1 Å². The van der Waals surface area contributed by atoms with Gasteiger partial charge in [-0.3, -0.25) is 0 Å². The van der Waals surface area contributed by atoms with Crippen LogP contribution < -0.4 is 5.32 Å². The molecule has 2 saturated carbocycles. The van der Waals surface area contributed by atoms with Crippen LogP contribution in [0, 0.1) is 11.8 Å². The Kier molecular flexibility index (Phi) is 5.97. The van der Waals surface area contributed by atoms with Gasteiger partial charge < -0.3 is 10.2 Å². The summed E-state index contributed by atoms with van der Waals surface area (Å²) in [5.74, 6) is 1.96. The van der Waals surface area contributed by atoms with Gasteiger partial charge in [0.05, 0.1) is 0 Å². The highest BCUT2D eigenvalue weighted by Gasteiger charge is 2.22. The second-order valence-corrected chi connectivity index (χ2v) is 6.73. The first-order valence-electron chi connectivity index (χ1n) is 8.13. The number of nitrogens with one attached hydrogen (secondary N) is 1. The summed E-state index contributed by atoms with van der Waals surface area (Å²) in [7, 11) is 4.46. The van der Waals surface area contributed by atoms with E-state index in [9.17, 15) is 0 Å². The molecule has 0 atom stereocenters. The van der Waals surface area contributed by atoms with E-state index in [1.165, 1.54) is 70.9 Å². The Morgan fingerprint density at radius 2 is 1.39 bits per heavy atom. The summed E-state index contributed by atoms with van der Waals surface area (Å²) in [6.45, 7) is 2.69. The molecule has 18 heavy (non-hydrogen) atoms. The van der Waals surface area contributed by atoms with Crippen LogP contribution in [0.15, 0.2) is 0 Å². The van der Waals surface area contributed by atoms with Gasteiger partial charge in [-0.05, 0) is 64.5 Å². The van der Waals surface area contributed by atoms with Crippen LogP contribution in [-0.4, -0.2) is 38.1 Å². The van der Waals surface area contributed by atoms with E-state index in [2.05, 4.69) is 24.3 Å². The molecule has 1 N–H and O–H groups in total. The molecule has 2 aliphatic rings. The second-order valence-electron chi connectivity index (χ2n) is 6.73. The third-order valence-corrected chi connectivity index (χ3v) is 5.12. The molecule has 0 spiro atoms. The molecule has 0 radical (unpaired) electrons. The van der Waals surface area contributed by atoms with Gasteiger partial charge in [-0.15, -0.1) is 0 Å². The van der Waals surface area contributed by atoms with Gasteiger partial charge in [0.1, 0.15) is 0 Å². The molecule has 106 valence electrons. The Labute approximate surface area is 114 Å². The highest BCUT2D eigenvalue weighted by molar-refractivity contribution is 4.78. The van der Waals surface area contributed by atoms with Crippen molar-refractivity contribution in [2.24, 2.45) is 11.8 Å². The molecular formula is C16H32N2. The first-order chi connectivity index (χ1) is 8.78. The van der Waals surface area contributed by atoms with Crippen molar-refractivity contribution in [1.29, 1.82) is 0 Å². The lowest BCUT2D eigenvalue weighted by Gasteiger charge is -2.33. The minimum absolute atomic E-state index is 0.796. The fourth-order valence-electron chi connectivity index (χ4n) is 3.96. The Morgan fingerprint density at radius 3 is 1.94 bits per heavy atom. The minimum Gasteiger partial charge on any atom is -0.317 e. The van der Waals surface area contributed by atoms with Crippen LogP contribution in [0.5, 0.6) is 0 Å². The molecule has 0 bridgehead atoms. The maximum Gasteiger partial charge on any atom is 0.00642 e. The van der Waals surface area contributed by atoms with Gasteiger partial charge in [0.25, 0.3) is 0 Å². The average Bonchev–Trinajstić information content (AvgIpc) is 2.40. The number of nitrogens with zero attached hydrogens (tertiary/aromatic N) is 1. The summed E-state index contributed by atoms with van der Waals surface area (Å²) in [4.78, 5) is 2.63. The Balaban J connectivity index is 1.63. The van der Waals surface area contributed by atoms with Gasteiger partial charge in [0.2, 0.25) is 0 Å². The van der Waals surface area contributed by atoms with Crippen LogP contribution in [0.4, 0.5) is 0 Å². The molecule has 0 aromatic rings. The number of hydrogen-bond acceptors (Lipinski definition) is 2. The van der Waals surface area contributed by atoms with Crippen molar-refractivity contribution in [1.82, 2.24) is 10.2 Å². The largest absolute Gasteiger partial charge is 0.317 e. The predicted octanol–water partition coefficient (Wildman–Crippen LogP) is 3.28. The molecule has 0 amide bonds. The third-order valence-electron chi connectivity index (χ3n) is 5.12. The van der Waals surface area contributed by atoms with Crippen LogP contribution >= 0.6 is 0 Å². The van der Waals surface area contributed by atoms with E-state index in [-0.39, 0.29) is 0 Å². The zero-order chi connectivity index (χ0) is 12.8. The van der Waals surface area contributed by atoms with Gasteiger partial charge in [0.15, 0.2) is 0 Å². The average molecular weight is 252 g/mol. The first kappa shape index (κ1) is 14.3. The SMILES string of the molecule is CNC1CCC(CN(C)CC2CCCCC2)CC1. The van der Waals surface area contributed by atoms with Crippen molar-refractivity contribution >= 4 is 0 Å². The van der Waals surface area contributed by atoms with E-state index in [1.807, 2.05) is 0 Å². The first-order valence-corrected chi connectivity index (χ1v) is 8.13. The van der Waals surface area contributed by atoms with E-state index in [0.29, 0.717) is 0 Å². The van der Waals surface area contributed by atoms with Crippen LogP contribution in [-0.2, 0) is 0 Å². The highest BCUT2D eigenvalue weighted by Crippen LogP contribution is 2.27. The molecule has 0 heterocycles. The fourth-order valence-corrected chi connectivity index (χ4v) is 3.96. The molecule has 0 aromatic heterocycles. The van der Waals surface area contributed by atoms with E-state index in [0.717, 1.165) is 17.9 Å². The van der Waals surface area contributed by atoms with Crippen molar-refractivity contribution in [3.05, 3.63) is 0 Å². The normalized spacial score (nSPS) is 30.8. The molecule has 0 saturated heterocycles. The van der Waals surface area contributed by atoms with Crippen LogP contribution in [0.3, 0.4) is 0 Å². The minimum atomic E-state index is 0.796. The van der Waals surface area contributed by atoms with Crippen LogP contribution in [0.25, 0.3) is 0 Å². The summed E-state index contributed by atoms with van der Waals surface area (Å²) in [6.07, 6.45) is 13.0. The summed E-state index contributed by atoms with van der Waals surface area (Å²) < 4.78 is 0. The van der Waals surface area contributed by atoms with Gasteiger partial charge >= 0.3 is 0 Å². The lowest BCUT2D eigenvalue weighted by atomic mass is 9.85. The molecule has 0 aliphatic heterocycles. The Bertz CT molecular complexity index is 215. The second kappa shape index (κ2) is 7.49. The number of hydrogen-bond donors (Lipinski definition) is 1. The molecule has 0 unspecified atom stereocenters. The van der Waals surface area contributed by atoms with E-state index in [4.69, 9.17) is 0 Å². The molecule has 2 heteroatoms. The predicted molar refractivity (Wildman–Crippen MR) is 78.9 cm³/mol. The van der Waals surface area contributed by atoms with Crippen molar-refractivity contribution in [2.45, 2.75) is 63.8 Å². The maximum absolute atomic E-state index is 3.43. The number of rotatable bonds is 5. The topological polar surface area (TPSA) is 15.3 Å². The van der Waals surface area contributed by atoms with Crippen molar-refractivity contribution < 1.29 is 0 Å². The van der Waals surface area contributed by atoms with Gasteiger partial charge in [-0.25, -0.2) is 0 Å². The van der Waals surface area contributed by atoms with Crippen molar-refractivity contribution in [3.63, 3.8) is 0 Å². The van der Waals surface area contributed by atoms with Crippen molar-refractivity contribution in [2.75, 3.05) is 27.2 Å². The molecule has 2 fully saturated rings. The summed E-state index contributed by atoms with van der Waals surface area (Å²) in [5.41, 5.74) is 0. The lowest BCUT2D eigenvalue weighted by Crippen LogP contribution is -2.36. The van der Waals surface area contributed by atoms with Crippen LogP contribution in [0.1, 0.15) is 57.8 Å². The quantitative estimate of drug-likeness (QED) is 0.808. The fraction of sp³-hybridized carbons (Fsp3) is 1.00. The summed E-state index contributed by atoms with van der Waals surface area (Å²) in [6, 6.07) is 0.796. The van der Waals surface area contributed by atoms with Crippen LogP contribution in [0.2, 0.25) is 0 Å². The molecule has 2 rings (SSSR count). The summed E-state index contributed by atoms with van der Waals surface area (Å²) in [5, 5.41) is 3.43. The molecule has 0 aromatic carbocycles. The van der Waals surface area contributed by atoms with Gasteiger partial charge in [-0.2, -0.15) is 0 Å². The zero-order valence-electron chi connectivity index (χ0n) is 12.5. The highest BCUT2D eigenvalue weighted by atomic mass is 15.1. The van der Waals surface area contributed by atoms with E-state index in [1.54, 1.807) is 0 Å². The van der Waals surface area contributed by atoms with Crippen molar-refractivity contribution in [3.8, 4) is 0 Å².